The number of hydrogen-bond donors (Lipinski definition) is 0. The molecule has 2 nitrogen and oxygen atoms in total. The smallest absolute Gasteiger partial charge is 0.236 e. The summed E-state index contributed by atoms with van der Waals surface area (Å²) < 4.78 is 0. The summed E-state index contributed by atoms with van der Waals surface area (Å²) in [6.45, 7) is 0.972. The van der Waals surface area contributed by atoms with E-state index in [4.69, 9.17) is 0 Å². The van der Waals surface area contributed by atoms with Gasteiger partial charge >= 0.3 is 0 Å². The van der Waals surface area contributed by atoms with Gasteiger partial charge in [0.2, 0.25) is 5.91 Å². The molecule has 3 heteroatoms. The summed E-state index contributed by atoms with van der Waals surface area (Å²) in [6, 6.07) is 0.607. The second-order valence-corrected chi connectivity index (χ2v) is 4.12. The van der Waals surface area contributed by atoms with Crippen LogP contribution in [0.1, 0.15) is 19.3 Å². The van der Waals surface area contributed by atoms with E-state index in [0.29, 0.717) is 11.9 Å². The molecule has 1 heterocycles. The Labute approximate surface area is 68.7 Å². The zero-order valence-electron chi connectivity index (χ0n) is 5.72. The third kappa shape index (κ3) is 0.965. The molecule has 0 aromatic rings. The third-order valence-corrected chi connectivity index (χ3v) is 3.01. The van der Waals surface area contributed by atoms with E-state index in [2.05, 4.69) is 15.9 Å². The fourth-order valence-corrected chi connectivity index (χ4v) is 1.88. The van der Waals surface area contributed by atoms with Crippen molar-refractivity contribution in [1.82, 2.24) is 4.90 Å². The van der Waals surface area contributed by atoms with Crippen LogP contribution in [0.4, 0.5) is 0 Å². The van der Waals surface area contributed by atoms with Gasteiger partial charge in [-0.2, -0.15) is 0 Å². The number of hydrogen-bond acceptors (Lipinski definition) is 1. The van der Waals surface area contributed by atoms with Gasteiger partial charge < -0.3 is 4.90 Å². The number of nitrogens with zero attached hydrogens (tertiary/aromatic N) is 1. The molecule has 0 aromatic carbocycles. The molecule has 1 aliphatic carbocycles. The van der Waals surface area contributed by atoms with Crippen molar-refractivity contribution >= 4 is 21.8 Å². The third-order valence-electron chi connectivity index (χ3n) is 2.16. The van der Waals surface area contributed by atoms with E-state index in [1.165, 1.54) is 12.8 Å². The summed E-state index contributed by atoms with van der Waals surface area (Å²) in [5, 5.41) is 0. The number of carbonyl (C=O) groups excluding carboxylic acids is 1. The minimum Gasteiger partial charge on any atom is -0.339 e. The largest absolute Gasteiger partial charge is 0.339 e. The molecule has 0 aromatic heterocycles. The fourth-order valence-electron chi connectivity index (χ4n) is 1.41. The van der Waals surface area contributed by atoms with E-state index < -0.39 is 0 Å². The lowest BCUT2D eigenvalue weighted by atomic mass is 10.4. The van der Waals surface area contributed by atoms with Crippen LogP contribution in [0.3, 0.4) is 0 Å². The van der Waals surface area contributed by atoms with Crippen LogP contribution in [0.5, 0.6) is 0 Å². The first-order chi connectivity index (χ1) is 4.79. The first-order valence-corrected chi connectivity index (χ1v) is 4.65. The van der Waals surface area contributed by atoms with Crippen molar-refractivity contribution in [2.24, 2.45) is 0 Å². The molecule has 2 aliphatic rings. The minimum absolute atomic E-state index is 0.119. The molecular formula is C7H10BrNO. The predicted octanol–water partition coefficient (Wildman–Crippen LogP) is 1.14. The average molecular weight is 204 g/mol. The Kier molecular flexibility index (Phi) is 1.48. The van der Waals surface area contributed by atoms with Gasteiger partial charge in [0, 0.05) is 12.6 Å². The molecule has 0 bridgehead atoms. The highest BCUT2D eigenvalue weighted by Gasteiger charge is 2.39. The van der Waals surface area contributed by atoms with Crippen molar-refractivity contribution in [1.29, 1.82) is 0 Å². The maximum Gasteiger partial charge on any atom is 0.236 e. The highest BCUT2D eigenvalue weighted by atomic mass is 79.9. The zero-order chi connectivity index (χ0) is 7.14. The average Bonchev–Trinajstić information content (AvgIpc) is 2.67. The number of carbonyl (C=O) groups is 1. The van der Waals surface area contributed by atoms with Crippen LogP contribution in [0, 0.1) is 0 Å². The Balaban J connectivity index is 2.03. The van der Waals surface area contributed by atoms with Gasteiger partial charge in [-0.25, -0.2) is 0 Å². The molecule has 1 saturated carbocycles. The van der Waals surface area contributed by atoms with Crippen LogP contribution < -0.4 is 0 Å². The molecule has 2 rings (SSSR count). The van der Waals surface area contributed by atoms with Gasteiger partial charge in [0.25, 0.3) is 0 Å². The Morgan fingerprint density at radius 3 is 2.50 bits per heavy atom. The topological polar surface area (TPSA) is 20.3 Å². The summed E-state index contributed by atoms with van der Waals surface area (Å²) in [5.41, 5.74) is 0. The van der Waals surface area contributed by atoms with Crippen LogP contribution in [-0.4, -0.2) is 28.2 Å². The SMILES string of the molecule is O=C1C(Br)CCN1C1CC1. The highest BCUT2D eigenvalue weighted by molar-refractivity contribution is 9.10. The lowest BCUT2D eigenvalue weighted by Crippen LogP contribution is -2.29. The summed E-state index contributed by atoms with van der Waals surface area (Å²) >= 11 is 3.35. The quantitative estimate of drug-likeness (QED) is 0.586. The highest BCUT2D eigenvalue weighted by Crippen LogP contribution is 2.32. The Morgan fingerprint density at radius 2 is 2.10 bits per heavy atom. The van der Waals surface area contributed by atoms with Crippen molar-refractivity contribution < 1.29 is 4.79 Å². The molecule has 1 amide bonds. The molecule has 0 radical (unpaired) electrons. The standard InChI is InChI=1S/C7H10BrNO/c8-6-3-4-9(7(6)10)5-1-2-5/h5-6H,1-4H2. The van der Waals surface area contributed by atoms with Gasteiger partial charge in [0.05, 0.1) is 4.83 Å². The molecule has 56 valence electrons. The Bertz CT molecular complexity index is 167. The van der Waals surface area contributed by atoms with Crippen molar-refractivity contribution in [3.05, 3.63) is 0 Å². The Hall–Kier alpha value is -0.0500. The van der Waals surface area contributed by atoms with Gasteiger partial charge in [0.1, 0.15) is 0 Å². The molecule has 10 heavy (non-hydrogen) atoms. The van der Waals surface area contributed by atoms with Crippen molar-refractivity contribution in [3.8, 4) is 0 Å². The molecule has 1 saturated heterocycles. The summed E-state index contributed by atoms with van der Waals surface area (Å²) in [7, 11) is 0. The van der Waals surface area contributed by atoms with Gasteiger partial charge in [-0.15, -0.1) is 0 Å². The lowest BCUT2D eigenvalue weighted by molar-refractivity contribution is -0.127. The first kappa shape index (κ1) is 6.65. The number of halogens is 1. The van der Waals surface area contributed by atoms with Gasteiger partial charge in [-0.3, -0.25) is 4.79 Å². The summed E-state index contributed by atoms with van der Waals surface area (Å²) in [4.78, 5) is 13.4. The maximum atomic E-state index is 11.3. The Morgan fingerprint density at radius 1 is 1.40 bits per heavy atom. The fraction of sp³-hybridized carbons (Fsp3) is 0.857. The number of rotatable bonds is 1. The number of amides is 1. The van der Waals surface area contributed by atoms with Gasteiger partial charge in [-0.1, -0.05) is 15.9 Å². The maximum absolute atomic E-state index is 11.3. The van der Waals surface area contributed by atoms with Gasteiger partial charge in [0.15, 0.2) is 0 Å². The van der Waals surface area contributed by atoms with Crippen LogP contribution in [0.25, 0.3) is 0 Å². The minimum atomic E-state index is 0.119. The second-order valence-electron chi connectivity index (χ2n) is 3.02. The van der Waals surface area contributed by atoms with E-state index >= 15 is 0 Å². The monoisotopic (exact) mass is 203 g/mol. The molecule has 0 N–H and O–H groups in total. The zero-order valence-corrected chi connectivity index (χ0v) is 7.30. The second kappa shape index (κ2) is 2.22. The van der Waals surface area contributed by atoms with E-state index in [0.717, 1.165) is 13.0 Å². The molecule has 0 spiro atoms. The van der Waals surface area contributed by atoms with Crippen molar-refractivity contribution in [2.45, 2.75) is 30.1 Å². The molecular weight excluding hydrogens is 194 g/mol. The van der Waals surface area contributed by atoms with Crippen LogP contribution >= 0.6 is 15.9 Å². The predicted molar refractivity (Wildman–Crippen MR) is 42.1 cm³/mol. The van der Waals surface area contributed by atoms with E-state index in [1.807, 2.05) is 4.90 Å². The lowest BCUT2D eigenvalue weighted by Gasteiger charge is -2.13. The normalized spacial score (nSPS) is 33.5. The molecule has 1 atom stereocenters. The van der Waals surface area contributed by atoms with E-state index in [9.17, 15) is 4.79 Å². The van der Waals surface area contributed by atoms with Crippen LogP contribution in [0.15, 0.2) is 0 Å². The number of likely N-dealkylation sites (tertiary alicyclic amines) is 1. The van der Waals surface area contributed by atoms with Crippen molar-refractivity contribution in [3.63, 3.8) is 0 Å². The summed E-state index contributed by atoms with van der Waals surface area (Å²) in [5.74, 6) is 0.308. The molecule has 2 fully saturated rings. The molecule has 1 aliphatic heterocycles. The van der Waals surface area contributed by atoms with Gasteiger partial charge in [-0.05, 0) is 19.3 Å². The van der Waals surface area contributed by atoms with E-state index in [1.54, 1.807) is 0 Å². The van der Waals surface area contributed by atoms with Crippen LogP contribution in [0.2, 0.25) is 0 Å². The number of alkyl halides is 1. The van der Waals surface area contributed by atoms with Crippen molar-refractivity contribution in [2.75, 3.05) is 6.54 Å². The summed E-state index contributed by atoms with van der Waals surface area (Å²) in [6.07, 6.45) is 3.45. The first-order valence-electron chi connectivity index (χ1n) is 3.73. The van der Waals surface area contributed by atoms with E-state index in [-0.39, 0.29) is 4.83 Å². The van der Waals surface area contributed by atoms with Crippen LogP contribution in [-0.2, 0) is 4.79 Å². The molecule has 1 unspecified atom stereocenters.